The van der Waals surface area contributed by atoms with E-state index >= 15 is 0 Å². The molecule has 4 nitrogen and oxygen atoms in total. The highest BCUT2D eigenvalue weighted by Gasteiger charge is 2.26. The van der Waals surface area contributed by atoms with Crippen molar-refractivity contribution in [3.63, 3.8) is 0 Å². The molecule has 1 aromatic heterocycles. The molecule has 0 spiro atoms. The molecule has 5 heteroatoms. The number of ether oxygens (including phenoxy) is 1. The van der Waals surface area contributed by atoms with E-state index in [1.54, 1.807) is 0 Å². The van der Waals surface area contributed by atoms with E-state index in [0.29, 0.717) is 16.1 Å². The number of hydrogen-bond acceptors (Lipinski definition) is 4. The summed E-state index contributed by atoms with van der Waals surface area (Å²) in [6, 6.07) is 28.8. The zero-order valence-corrected chi connectivity index (χ0v) is 19.2. The van der Waals surface area contributed by atoms with Crippen LogP contribution >= 0.6 is 11.3 Å². The molecule has 33 heavy (non-hydrogen) atoms. The van der Waals surface area contributed by atoms with Crippen molar-refractivity contribution in [2.45, 2.75) is 6.92 Å². The molecular weight excluding hydrogens is 430 g/mol. The lowest BCUT2D eigenvalue weighted by molar-refractivity contribution is -0.111. The number of carbonyl (C=O) groups excluding carboxylic acids is 2. The first-order valence-corrected chi connectivity index (χ1v) is 11.3. The minimum atomic E-state index is -0.484. The number of aryl methyl sites for hydroxylation is 1. The summed E-state index contributed by atoms with van der Waals surface area (Å²) in [5.41, 5.74) is 4.24. The van der Waals surface area contributed by atoms with Gasteiger partial charge in [0, 0.05) is 16.0 Å². The predicted molar refractivity (Wildman–Crippen MR) is 135 cm³/mol. The molecule has 164 valence electrons. The van der Waals surface area contributed by atoms with Crippen molar-refractivity contribution in [2.75, 3.05) is 12.4 Å². The van der Waals surface area contributed by atoms with Crippen molar-refractivity contribution in [3.8, 4) is 11.1 Å². The van der Waals surface area contributed by atoms with Crippen LogP contribution in [0.5, 0.6) is 0 Å². The van der Waals surface area contributed by atoms with Crippen molar-refractivity contribution < 1.29 is 14.3 Å². The lowest BCUT2D eigenvalue weighted by atomic mass is 10.0. The molecule has 4 aromatic rings. The number of rotatable bonds is 6. The summed E-state index contributed by atoms with van der Waals surface area (Å²) in [5, 5.41) is 3.46. The second kappa shape index (κ2) is 10.1. The summed E-state index contributed by atoms with van der Waals surface area (Å²) < 4.78 is 5.08. The third-order valence-electron chi connectivity index (χ3n) is 5.20. The van der Waals surface area contributed by atoms with Gasteiger partial charge in [-0.15, -0.1) is 11.3 Å². The lowest BCUT2D eigenvalue weighted by Crippen LogP contribution is -2.15. The van der Waals surface area contributed by atoms with Gasteiger partial charge in [-0.3, -0.25) is 4.79 Å². The fourth-order valence-corrected chi connectivity index (χ4v) is 4.73. The summed E-state index contributed by atoms with van der Waals surface area (Å²) >= 11 is 1.37. The highest BCUT2D eigenvalue weighted by Crippen LogP contribution is 2.40. The number of carbonyl (C=O) groups is 2. The topological polar surface area (TPSA) is 55.4 Å². The van der Waals surface area contributed by atoms with Gasteiger partial charge in [-0.1, -0.05) is 91.0 Å². The Bertz CT molecular complexity index is 1290. The molecule has 4 rings (SSSR count). The number of esters is 1. The Kier molecular flexibility index (Phi) is 6.81. The van der Waals surface area contributed by atoms with Crippen LogP contribution < -0.4 is 5.32 Å². The maximum atomic E-state index is 13.5. The molecule has 0 unspecified atom stereocenters. The van der Waals surface area contributed by atoms with Crippen LogP contribution in [-0.4, -0.2) is 19.0 Å². The third-order valence-corrected chi connectivity index (χ3v) is 6.22. The van der Waals surface area contributed by atoms with Crippen LogP contribution in [0, 0.1) is 6.92 Å². The van der Waals surface area contributed by atoms with Gasteiger partial charge in [-0.2, -0.15) is 0 Å². The average molecular weight is 454 g/mol. The predicted octanol–water partition coefficient (Wildman–Crippen LogP) is 6.69. The van der Waals surface area contributed by atoms with E-state index in [-0.39, 0.29) is 5.91 Å². The molecule has 0 aliphatic heterocycles. The van der Waals surface area contributed by atoms with Gasteiger partial charge in [0.1, 0.15) is 10.6 Å². The average Bonchev–Trinajstić information content (AvgIpc) is 3.19. The van der Waals surface area contributed by atoms with Gasteiger partial charge in [-0.25, -0.2) is 4.79 Å². The van der Waals surface area contributed by atoms with Crippen LogP contribution in [0.15, 0.2) is 91.0 Å². The fourth-order valence-electron chi connectivity index (χ4n) is 3.67. The number of amides is 1. The summed E-state index contributed by atoms with van der Waals surface area (Å²) in [6.07, 6.45) is 1.85. The smallest absolute Gasteiger partial charge is 0.341 e. The number of anilines is 1. The number of nitrogens with one attached hydrogen (secondary N) is 1. The van der Waals surface area contributed by atoms with E-state index in [9.17, 15) is 9.59 Å². The van der Waals surface area contributed by atoms with Gasteiger partial charge in [0.2, 0.25) is 0 Å². The second-order valence-corrected chi connectivity index (χ2v) is 8.61. The quantitative estimate of drug-likeness (QED) is 0.201. The maximum absolute atomic E-state index is 13.5. The first-order valence-electron chi connectivity index (χ1n) is 10.5. The van der Waals surface area contributed by atoms with Crippen LogP contribution in [0.3, 0.4) is 0 Å². The molecule has 0 saturated carbocycles. The van der Waals surface area contributed by atoms with Crippen molar-refractivity contribution in [3.05, 3.63) is 113 Å². The molecule has 0 aliphatic carbocycles. The summed E-state index contributed by atoms with van der Waals surface area (Å²) in [4.78, 5) is 27.2. The van der Waals surface area contributed by atoms with Crippen LogP contribution in [-0.2, 0) is 9.53 Å². The van der Waals surface area contributed by atoms with Gasteiger partial charge in [0.05, 0.1) is 7.11 Å². The largest absolute Gasteiger partial charge is 0.465 e. The van der Waals surface area contributed by atoms with Gasteiger partial charge in [0.15, 0.2) is 0 Å². The Morgan fingerprint density at radius 3 is 2.03 bits per heavy atom. The normalized spacial score (nSPS) is 11.2. The Morgan fingerprint density at radius 1 is 0.848 bits per heavy atom. The summed E-state index contributed by atoms with van der Waals surface area (Å²) in [7, 11) is 1.35. The first kappa shape index (κ1) is 22.2. The van der Waals surface area contributed by atoms with Gasteiger partial charge in [-0.05, 0) is 29.7 Å². The second-order valence-electron chi connectivity index (χ2n) is 7.38. The van der Waals surface area contributed by atoms with E-state index < -0.39 is 5.97 Å². The monoisotopic (exact) mass is 453 g/mol. The molecule has 0 radical (unpaired) electrons. The van der Waals surface area contributed by atoms with Gasteiger partial charge >= 0.3 is 5.97 Å². The molecular formula is C28H23NO3S. The zero-order valence-electron chi connectivity index (χ0n) is 18.4. The summed E-state index contributed by atoms with van der Waals surface area (Å²) in [5.74, 6) is -0.780. The highest BCUT2D eigenvalue weighted by atomic mass is 32.1. The van der Waals surface area contributed by atoms with Crippen molar-refractivity contribution in [1.29, 1.82) is 0 Å². The molecule has 1 N–H and O–H groups in total. The van der Waals surface area contributed by atoms with Crippen LogP contribution in [0.25, 0.3) is 22.8 Å². The molecule has 0 atom stereocenters. The Morgan fingerprint density at radius 2 is 1.42 bits per heavy atom. The van der Waals surface area contributed by atoms with E-state index in [2.05, 4.69) is 5.32 Å². The number of hydrogen-bond donors (Lipinski definition) is 1. The molecule has 1 amide bonds. The van der Waals surface area contributed by atoms with E-state index in [0.717, 1.165) is 27.1 Å². The van der Waals surface area contributed by atoms with Crippen molar-refractivity contribution >= 4 is 39.9 Å². The molecule has 0 aliphatic rings. The lowest BCUT2D eigenvalue weighted by Gasteiger charge is -2.11. The van der Waals surface area contributed by atoms with E-state index in [4.69, 9.17) is 4.74 Å². The minimum absolute atomic E-state index is 0.295. The van der Waals surface area contributed by atoms with E-state index in [1.165, 1.54) is 18.4 Å². The Balaban J connectivity index is 1.78. The van der Waals surface area contributed by atoms with Crippen LogP contribution in [0.4, 0.5) is 5.00 Å². The number of methoxy groups -OCH3 is 1. The van der Waals surface area contributed by atoms with Crippen molar-refractivity contribution in [2.24, 2.45) is 0 Å². The Labute approximate surface area is 197 Å². The number of thiophene rings is 1. The minimum Gasteiger partial charge on any atom is -0.465 e. The van der Waals surface area contributed by atoms with Crippen LogP contribution in [0.1, 0.15) is 26.4 Å². The first-order chi connectivity index (χ1) is 16.1. The standard InChI is InChI=1S/C28H23NO3S/c1-19-24(22-16-10-5-11-17-22)25(28(31)32-2)27(33-19)29-26(30)23(21-14-8-4-9-15-21)18-20-12-6-3-7-13-20/h3-18H,1-2H3,(H,29,30)/b23-18+. The zero-order chi connectivity index (χ0) is 23.2. The number of benzene rings is 3. The SMILES string of the molecule is COC(=O)c1c(NC(=O)/C(=C/c2ccccc2)c2ccccc2)sc(C)c1-c1ccccc1. The maximum Gasteiger partial charge on any atom is 0.341 e. The fraction of sp³-hybridized carbons (Fsp3) is 0.0714. The Hall–Kier alpha value is -3.96. The molecule has 0 fully saturated rings. The molecule has 3 aromatic carbocycles. The molecule has 0 saturated heterocycles. The highest BCUT2D eigenvalue weighted by molar-refractivity contribution is 7.17. The van der Waals surface area contributed by atoms with Crippen molar-refractivity contribution in [1.82, 2.24) is 0 Å². The van der Waals surface area contributed by atoms with Gasteiger partial charge < -0.3 is 10.1 Å². The summed E-state index contributed by atoms with van der Waals surface area (Å²) in [6.45, 7) is 1.94. The van der Waals surface area contributed by atoms with Crippen LogP contribution in [0.2, 0.25) is 0 Å². The molecule has 0 bridgehead atoms. The van der Waals surface area contributed by atoms with Gasteiger partial charge in [0.25, 0.3) is 5.91 Å². The van der Waals surface area contributed by atoms with E-state index in [1.807, 2.05) is 104 Å². The third kappa shape index (κ3) is 4.94. The molecule has 1 heterocycles.